The van der Waals surface area contributed by atoms with Crippen molar-refractivity contribution in [2.45, 2.75) is 53.8 Å². The Morgan fingerprint density at radius 3 is 2.76 bits per heavy atom. The number of carbonyl (C=O) groups is 1. The Balaban J connectivity index is 1.70. The molecule has 0 bridgehead atoms. The van der Waals surface area contributed by atoms with Gasteiger partial charge in [-0.15, -0.1) is 11.8 Å². The number of thioether (sulfide) groups is 1. The molecule has 0 heterocycles. The van der Waals surface area contributed by atoms with E-state index < -0.39 is 5.54 Å². The second-order valence-corrected chi connectivity index (χ2v) is 8.11. The van der Waals surface area contributed by atoms with Gasteiger partial charge in [0, 0.05) is 21.2 Å². The Bertz CT molecular complexity index is 565. The Labute approximate surface area is 138 Å². The number of rotatable bonds is 5. The molecule has 114 valence electrons. The van der Waals surface area contributed by atoms with Gasteiger partial charge >= 0.3 is 0 Å². The molecule has 0 aliphatic heterocycles. The first-order valence-electron chi connectivity index (χ1n) is 7.18. The van der Waals surface area contributed by atoms with Crippen LogP contribution < -0.4 is 11.1 Å². The second kappa shape index (κ2) is 5.99. The van der Waals surface area contributed by atoms with E-state index in [1.165, 1.54) is 0 Å². The van der Waals surface area contributed by atoms with Crippen LogP contribution in [0.5, 0.6) is 0 Å². The van der Waals surface area contributed by atoms with E-state index in [1.54, 1.807) is 17.8 Å². The molecule has 2 aliphatic carbocycles. The normalized spacial score (nSPS) is 28.8. The van der Waals surface area contributed by atoms with Gasteiger partial charge in [-0.05, 0) is 50.3 Å². The molecule has 2 aliphatic rings. The average molecular weight is 345 g/mol. The smallest absolute Gasteiger partial charge is 0.237 e. The number of halogens is 2. The molecule has 2 saturated carbocycles. The zero-order chi connectivity index (χ0) is 15.0. The zero-order valence-electron chi connectivity index (χ0n) is 11.6. The predicted octanol–water partition coefficient (Wildman–Crippen LogP) is 3.61. The first kappa shape index (κ1) is 15.5. The molecule has 0 spiro atoms. The van der Waals surface area contributed by atoms with Crippen LogP contribution in [0, 0.1) is 0 Å². The van der Waals surface area contributed by atoms with Crippen LogP contribution >= 0.6 is 35.0 Å². The molecule has 1 amide bonds. The molecule has 1 aromatic rings. The standard InChI is InChI=1S/C15H18Cl2N2OS/c16-9-1-4-12(17)13(7-9)21-11-5-6-15(8-11,14(18)20)19-10-2-3-10/h1,4,7,10-11,19H,2-3,5-6,8H2,(H2,18,20). The topological polar surface area (TPSA) is 55.1 Å². The third kappa shape index (κ3) is 3.50. The quantitative estimate of drug-likeness (QED) is 0.857. The van der Waals surface area contributed by atoms with Crippen LogP contribution in [0.1, 0.15) is 32.1 Å². The number of nitrogens with one attached hydrogen (secondary N) is 1. The molecule has 1 aromatic carbocycles. The molecule has 2 fully saturated rings. The van der Waals surface area contributed by atoms with Crippen LogP contribution in [0.15, 0.2) is 23.1 Å². The van der Waals surface area contributed by atoms with Gasteiger partial charge in [-0.3, -0.25) is 4.79 Å². The number of nitrogens with two attached hydrogens (primary N) is 1. The molecule has 2 atom stereocenters. The fraction of sp³-hybridized carbons (Fsp3) is 0.533. The van der Waals surface area contributed by atoms with Gasteiger partial charge in [0.25, 0.3) is 0 Å². The molecule has 3 rings (SSSR count). The minimum absolute atomic E-state index is 0.227. The van der Waals surface area contributed by atoms with Crippen LogP contribution in [-0.2, 0) is 4.79 Å². The number of hydrogen-bond acceptors (Lipinski definition) is 3. The van der Waals surface area contributed by atoms with Gasteiger partial charge in [-0.2, -0.15) is 0 Å². The fourth-order valence-corrected chi connectivity index (χ4v) is 4.72. The summed E-state index contributed by atoms with van der Waals surface area (Å²) in [5, 5.41) is 5.18. The number of benzene rings is 1. The third-order valence-corrected chi connectivity index (χ3v) is 6.19. The lowest BCUT2D eigenvalue weighted by atomic mass is 9.96. The fourth-order valence-electron chi connectivity index (χ4n) is 2.89. The summed E-state index contributed by atoms with van der Waals surface area (Å²) in [7, 11) is 0. The van der Waals surface area contributed by atoms with Gasteiger partial charge in [-0.1, -0.05) is 23.2 Å². The third-order valence-electron chi connectivity index (χ3n) is 4.19. The lowest BCUT2D eigenvalue weighted by Crippen LogP contribution is -2.54. The Kier molecular flexibility index (Phi) is 4.42. The lowest BCUT2D eigenvalue weighted by Gasteiger charge is -2.27. The van der Waals surface area contributed by atoms with Gasteiger partial charge in [0.2, 0.25) is 5.91 Å². The Morgan fingerprint density at radius 1 is 1.33 bits per heavy atom. The van der Waals surface area contributed by atoms with Crippen molar-refractivity contribution in [3.05, 3.63) is 28.2 Å². The highest BCUT2D eigenvalue weighted by Gasteiger charge is 2.47. The first-order chi connectivity index (χ1) is 9.98. The van der Waals surface area contributed by atoms with Crippen molar-refractivity contribution in [3.63, 3.8) is 0 Å². The SMILES string of the molecule is NC(=O)C1(NC2CC2)CCC(Sc2cc(Cl)ccc2Cl)C1. The van der Waals surface area contributed by atoms with Gasteiger partial charge in [-0.25, -0.2) is 0 Å². The Morgan fingerprint density at radius 2 is 2.10 bits per heavy atom. The average Bonchev–Trinajstić information content (AvgIpc) is 3.14. The van der Waals surface area contributed by atoms with E-state index in [0.717, 1.165) is 37.0 Å². The van der Waals surface area contributed by atoms with Gasteiger partial charge in [0.05, 0.1) is 10.6 Å². The monoisotopic (exact) mass is 344 g/mol. The van der Waals surface area contributed by atoms with E-state index in [4.69, 9.17) is 28.9 Å². The number of primary amides is 1. The molecule has 0 saturated heterocycles. The second-order valence-electron chi connectivity index (χ2n) is 5.92. The molecule has 0 aromatic heterocycles. The summed E-state index contributed by atoms with van der Waals surface area (Å²) < 4.78 is 0. The molecule has 2 unspecified atom stereocenters. The minimum Gasteiger partial charge on any atom is -0.368 e. The zero-order valence-corrected chi connectivity index (χ0v) is 13.9. The molecule has 3 N–H and O–H groups in total. The summed E-state index contributed by atoms with van der Waals surface area (Å²) in [4.78, 5) is 12.9. The summed E-state index contributed by atoms with van der Waals surface area (Å²) in [6.45, 7) is 0. The van der Waals surface area contributed by atoms with Crippen molar-refractivity contribution < 1.29 is 4.79 Å². The molecule has 21 heavy (non-hydrogen) atoms. The maximum Gasteiger partial charge on any atom is 0.237 e. The molecular weight excluding hydrogens is 327 g/mol. The van der Waals surface area contributed by atoms with Crippen molar-refractivity contribution in [1.29, 1.82) is 0 Å². The van der Waals surface area contributed by atoms with Gasteiger partial charge in [0.15, 0.2) is 0 Å². The van der Waals surface area contributed by atoms with E-state index in [2.05, 4.69) is 5.32 Å². The van der Waals surface area contributed by atoms with Crippen molar-refractivity contribution in [3.8, 4) is 0 Å². The summed E-state index contributed by atoms with van der Waals surface area (Å²) in [5.74, 6) is -0.227. The van der Waals surface area contributed by atoms with E-state index in [9.17, 15) is 4.79 Å². The van der Waals surface area contributed by atoms with E-state index in [0.29, 0.717) is 21.3 Å². The summed E-state index contributed by atoms with van der Waals surface area (Å²) in [6.07, 6.45) is 4.80. The molecule has 3 nitrogen and oxygen atoms in total. The molecular formula is C15H18Cl2N2OS. The highest BCUT2D eigenvalue weighted by Crippen LogP contribution is 2.43. The van der Waals surface area contributed by atoms with Crippen LogP contribution in [0.4, 0.5) is 0 Å². The summed E-state index contributed by atoms with van der Waals surface area (Å²) in [6, 6.07) is 5.94. The lowest BCUT2D eigenvalue weighted by molar-refractivity contribution is -0.124. The number of hydrogen-bond donors (Lipinski definition) is 2. The molecule has 0 radical (unpaired) electrons. The maximum absolute atomic E-state index is 11.9. The minimum atomic E-state index is -0.538. The van der Waals surface area contributed by atoms with Gasteiger partial charge in [0.1, 0.15) is 0 Å². The van der Waals surface area contributed by atoms with Crippen molar-refractivity contribution >= 4 is 40.9 Å². The van der Waals surface area contributed by atoms with Crippen molar-refractivity contribution in [1.82, 2.24) is 5.32 Å². The van der Waals surface area contributed by atoms with E-state index in [1.807, 2.05) is 12.1 Å². The largest absolute Gasteiger partial charge is 0.368 e. The maximum atomic E-state index is 11.9. The molecule has 6 heteroatoms. The van der Waals surface area contributed by atoms with Crippen LogP contribution in [0.2, 0.25) is 10.0 Å². The number of carbonyl (C=O) groups excluding carboxylic acids is 1. The van der Waals surface area contributed by atoms with Crippen LogP contribution in [0.25, 0.3) is 0 Å². The summed E-state index contributed by atoms with van der Waals surface area (Å²) in [5.41, 5.74) is 5.12. The van der Waals surface area contributed by atoms with Crippen molar-refractivity contribution in [2.75, 3.05) is 0 Å². The van der Waals surface area contributed by atoms with Gasteiger partial charge < -0.3 is 11.1 Å². The summed E-state index contributed by atoms with van der Waals surface area (Å²) >= 11 is 13.9. The van der Waals surface area contributed by atoms with Crippen LogP contribution in [-0.4, -0.2) is 22.7 Å². The predicted molar refractivity (Wildman–Crippen MR) is 88.0 cm³/mol. The van der Waals surface area contributed by atoms with Crippen LogP contribution in [0.3, 0.4) is 0 Å². The number of amides is 1. The highest BCUT2D eigenvalue weighted by atomic mass is 35.5. The highest BCUT2D eigenvalue weighted by molar-refractivity contribution is 8.00. The van der Waals surface area contributed by atoms with E-state index >= 15 is 0 Å². The van der Waals surface area contributed by atoms with Crippen molar-refractivity contribution in [2.24, 2.45) is 5.73 Å². The first-order valence-corrected chi connectivity index (χ1v) is 8.81. The Hall–Kier alpha value is -0.420. The van der Waals surface area contributed by atoms with E-state index in [-0.39, 0.29) is 5.91 Å².